The minimum Gasteiger partial charge on any atom is -0.367 e. The predicted octanol–water partition coefficient (Wildman–Crippen LogP) is 4.44. The Kier molecular flexibility index (Phi) is 3.65. The van der Waals surface area contributed by atoms with Gasteiger partial charge in [0, 0.05) is 23.8 Å². The van der Waals surface area contributed by atoms with Crippen molar-refractivity contribution in [1.82, 2.24) is 19.7 Å². The molecular formula is C20H23N5. The summed E-state index contributed by atoms with van der Waals surface area (Å²) in [6.07, 6.45) is 12.8. The van der Waals surface area contributed by atoms with Crippen LogP contribution in [0.4, 0.5) is 5.82 Å². The van der Waals surface area contributed by atoms with Crippen molar-refractivity contribution < 1.29 is 0 Å². The van der Waals surface area contributed by atoms with E-state index in [1.54, 1.807) is 10.9 Å². The highest BCUT2D eigenvalue weighted by Crippen LogP contribution is 2.35. The van der Waals surface area contributed by atoms with Crippen molar-refractivity contribution in [3.63, 3.8) is 0 Å². The van der Waals surface area contributed by atoms with Gasteiger partial charge in [-0.25, -0.2) is 9.67 Å². The van der Waals surface area contributed by atoms with Crippen LogP contribution in [-0.4, -0.2) is 25.8 Å². The molecule has 0 unspecified atom stereocenters. The third-order valence-electron chi connectivity index (χ3n) is 5.41. The molecule has 0 saturated heterocycles. The van der Waals surface area contributed by atoms with Gasteiger partial charge in [-0.1, -0.05) is 25.3 Å². The number of anilines is 1. The van der Waals surface area contributed by atoms with Crippen molar-refractivity contribution in [3.05, 3.63) is 42.2 Å². The van der Waals surface area contributed by atoms with E-state index < -0.39 is 0 Å². The molecule has 0 bridgehead atoms. The maximum Gasteiger partial charge on any atom is 0.253 e. The molecule has 0 aliphatic heterocycles. The van der Waals surface area contributed by atoms with Gasteiger partial charge in [-0.3, -0.25) is 0 Å². The van der Waals surface area contributed by atoms with E-state index in [2.05, 4.69) is 28.6 Å². The molecule has 0 radical (unpaired) electrons. The molecule has 0 spiro atoms. The van der Waals surface area contributed by atoms with Crippen LogP contribution in [0.5, 0.6) is 0 Å². The fourth-order valence-corrected chi connectivity index (χ4v) is 3.84. The van der Waals surface area contributed by atoms with E-state index in [0.29, 0.717) is 17.9 Å². The molecule has 2 fully saturated rings. The smallest absolute Gasteiger partial charge is 0.253 e. The van der Waals surface area contributed by atoms with Crippen molar-refractivity contribution in [2.75, 3.05) is 5.32 Å². The zero-order valence-corrected chi connectivity index (χ0v) is 14.4. The predicted molar refractivity (Wildman–Crippen MR) is 99.1 cm³/mol. The molecule has 25 heavy (non-hydrogen) atoms. The van der Waals surface area contributed by atoms with Crippen LogP contribution in [0.15, 0.2) is 36.7 Å². The zero-order valence-electron chi connectivity index (χ0n) is 14.4. The van der Waals surface area contributed by atoms with E-state index in [9.17, 15) is 0 Å². The highest BCUT2D eigenvalue weighted by atomic mass is 15.3. The molecule has 2 heterocycles. The van der Waals surface area contributed by atoms with Gasteiger partial charge in [0.1, 0.15) is 5.82 Å². The first-order valence-electron chi connectivity index (χ1n) is 9.45. The molecule has 128 valence electrons. The molecule has 0 atom stereocenters. The molecule has 2 aliphatic carbocycles. The van der Waals surface area contributed by atoms with Crippen molar-refractivity contribution in [1.29, 1.82) is 0 Å². The summed E-state index contributed by atoms with van der Waals surface area (Å²) in [6.45, 7) is 0. The Bertz CT molecular complexity index is 876. The Morgan fingerprint density at radius 3 is 2.64 bits per heavy atom. The molecule has 0 amide bonds. The molecule has 1 N–H and O–H groups in total. The largest absolute Gasteiger partial charge is 0.367 e. The first-order chi connectivity index (χ1) is 12.4. The summed E-state index contributed by atoms with van der Waals surface area (Å²) in [5.41, 5.74) is 2.43. The number of hydrogen-bond donors (Lipinski definition) is 1. The number of hydrogen-bond acceptors (Lipinski definition) is 4. The van der Waals surface area contributed by atoms with Gasteiger partial charge >= 0.3 is 0 Å². The topological polar surface area (TPSA) is 55.6 Å². The third-order valence-corrected chi connectivity index (χ3v) is 5.41. The number of aromatic nitrogens is 4. The molecular weight excluding hydrogens is 310 g/mol. The van der Waals surface area contributed by atoms with Crippen LogP contribution >= 0.6 is 0 Å². The summed E-state index contributed by atoms with van der Waals surface area (Å²) < 4.78 is 1.73. The quantitative estimate of drug-likeness (QED) is 0.767. The van der Waals surface area contributed by atoms with Crippen LogP contribution in [0, 0.1) is 0 Å². The van der Waals surface area contributed by atoms with Crippen LogP contribution in [0.3, 0.4) is 0 Å². The minimum atomic E-state index is 0.557. The lowest BCUT2D eigenvalue weighted by atomic mass is 9.84. The van der Waals surface area contributed by atoms with Gasteiger partial charge in [0.25, 0.3) is 5.95 Å². The number of rotatable bonds is 4. The SMILES string of the molecule is c1cnn(-c2nc(NC3CC3)c3cc(C4CCCCC4)ccc3n2)c1. The van der Waals surface area contributed by atoms with Crippen molar-refractivity contribution in [2.45, 2.75) is 56.9 Å². The van der Waals surface area contributed by atoms with Crippen molar-refractivity contribution in [3.8, 4) is 5.95 Å². The molecule has 2 saturated carbocycles. The molecule has 2 aliphatic rings. The van der Waals surface area contributed by atoms with Gasteiger partial charge in [-0.05, 0) is 55.4 Å². The average Bonchev–Trinajstić information content (AvgIpc) is 3.31. The number of nitrogens with one attached hydrogen (secondary N) is 1. The van der Waals surface area contributed by atoms with Crippen LogP contribution in [0.25, 0.3) is 16.9 Å². The Hall–Kier alpha value is -2.43. The lowest BCUT2D eigenvalue weighted by Gasteiger charge is -2.22. The lowest BCUT2D eigenvalue weighted by Crippen LogP contribution is -2.10. The fraction of sp³-hybridized carbons (Fsp3) is 0.450. The van der Waals surface area contributed by atoms with Gasteiger partial charge < -0.3 is 5.32 Å². The summed E-state index contributed by atoms with van der Waals surface area (Å²) in [7, 11) is 0. The van der Waals surface area contributed by atoms with E-state index in [-0.39, 0.29) is 0 Å². The lowest BCUT2D eigenvalue weighted by molar-refractivity contribution is 0.444. The van der Waals surface area contributed by atoms with Crippen LogP contribution < -0.4 is 5.32 Å². The summed E-state index contributed by atoms with van der Waals surface area (Å²) in [5, 5.41) is 9.03. The Morgan fingerprint density at radius 2 is 1.88 bits per heavy atom. The maximum atomic E-state index is 4.79. The second-order valence-electron chi connectivity index (χ2n) is 7.35. The Morgan fingerprint density at radius 1 is 1.00 bits per heavy atom. The molecule has 5 rings (SSSR count). The minimum absolute atomic E-state index is 0.557. The Labute approximate surface area is 147 Å². The first-order valence-corrected chi connectivity index (χ1v) is 9.45. The second-order valence-corrected chi connectivity index (χ2v) is 7.35. The van der Waals surface area contributed by atoms with Crippen LogP contribution in [0.2, 0.25) is 0 Å². The van der Waals surface area contributed by atoms with Crippen LogP contribution in [0.1, 0.15) is 56.4 Å². The summed E-state index contributed by atoms with van der Waals surface area (Å²) in [5.74, 6) is 2.28. The van der Waals surface area contributed by atoms with E-state index in [0.717, 1.165) is 16.7 Å². The van der Waals surface area contributed by atoms with Crippen molar-refractivity contribution >= 4 is 16.7 Å². The molecule has 1 aromatic carbocycles. The maximum absolute atomic E-state index is 4.79. The monoisotopic (exact) mass is 333 g/mol. The van der Waals surface area contributed by atoms with Crippen LogP contribution in [-0.2, 0) is 0 Å². The fourth-order valence-electron chi connectivity index (χ4n) is 3.84. The number of fused-ring (bicyclic) bond motifs is 1. The molecule has 2 aromatic heterocycles. The summed E-state index contributed by atoms with van der Waals surface area (Å²) >= 11 is 0. The van der Waals surface area contributed by atoms with E-state index in [1.165, 1.54) is 50.5 Å². The Balaban J connectivity index is 1.60. The van der Waals surface area contributed by atoms with E-state index in [1.807, 2.05) is 12.3 Å². The van der Waals surface area contributed by atoms with Crippen molar-refractivity contribution in [2.24, 2.45) is 0 Å². The number of benzene rings is 1. The summed E-state index contributed by atoms with van der Waals surface area (Å²) in [6, 6.07) is 9.20. The number of nitrogens with zero attached hydrogens (tertiary/aromatic N) is 4. The van der Waals surface area contributed by atoms with Gasteiger partial charge in [0.05, 0.1) is 5.52 Å². The first kappa shape index (κ1) is 14.9. The highest BCUT2D eigenvalue weighted by molar-refractivity contribution is 5.90. The van der Waals surface area contributed by atoms with E-state index in [4.69, 9.17) is 9.97 Å². The molecule has 3 aromatic rings. The average molecular weight is 333 g/mol. The van der Waals surface area contributed by atoms with Gasteiger partial charge in [-0.2, -0.15) is 10.1 Å². The van der Waals surface area contributed by atoms with Gasteiger partial charge in [0.2, 0.25) is 0 Å². The zero-order chi connectivity index (χ0) is 16.6. The second kappa shape index (κ2) is 6.14. The molecule has 5 heteroatoms. The third kappa shape index (κ3) is 2.99. The van der Waals surface area contributed by atoms with E-state index >= 15 is 0 Å². The molecule has 5 nitrogen and oxygen atoms in total. The van der Waals surface area contributed by atoms with Gasteiger partial charge in [0.15, 0.2) is 0 Å². The summed E-state index contributed by atoms with van der Waals surface area (Å²) in [4.78, 5) is 9.53. The normalized spacial score (nSPS) is 18.6. The van der Waals surface area contributed by atoms with Gasteiger partial charge in [-0.15, -0.1) is 0 Å². The standard InChI is InChI=1S/C20H23N5/c1-2-5-14(6-3-1)15-7-10-18-17(13-15)19(22-16-8-9-16)24-20(23-18)25-12-4-11-21-25/h4,7,10-14,16H,1-3,5-6,8-9H2,(H,22,23,24). The highest BCUT2D eigenvalue weighted by Gasteiger charge is 2.24.